The third-order valence-electron chi connectivity index (χ3n) is 1.87. The summed E-state index contributed by atoms with van der Waals surface area (Å²) >= 11 is 5.49. The summed E-state index contributed by atoms with van der Waals surface area (Å²) in [6, 6.07) is 2.59. The number of alkyl halides is 3. The molecule has 0 aliphatic rings. The molecule has 15 heavy (non-hydrogen) atoms. The van der Waals surface area contributed by atoms with Crippen LogP contribution >= 0.6 is 11.6 Å². The highest BCUT2D eigenvalue weighted by Crippen LogP contribution is 2.16. The number of nitrogens with one attached hydrogen (secondary N) is 1. The second-order valence-corrected chi connectivity index (χ2v) is 3.08. The van der Waals surface area contributed by atoms with Gasteiger partial charge in [0.05, 0.1) is 24.1 Å². The second kappa shape index (κ2) is 4.89. The monoisotopic (exact) mass is 232 g/mol. The molecule has 1 aromatic heterocycles. The number of aromatic nitrogens is 1. The fraction of sp³-hybridized carbons (Fsp3) is 0.333. The van der Waals surface area contributed by atoms with Crippen LogP contribution in [0.1, 0.15) is 23.4 Å². The highest BCUT2D eigenvalue weighted by Gasteiger charge is 2.13. The van der Waals surface area contributed by atoms with Crippen molar-refractivity contribution in [3.05, 3.63) is 33.2 Å². The molecule has 0 saturated carbocycles. The van der Waals surface area contributed by atoms with Crippen LogP contribution in [0, 0.1) is 11.3 Å². The summed E-state index contributed by atoms with van der Waals surface area (Å²) in [6.45, 7) is 0. The van der Waals surface area contributed by atoms with Gasteiger partial charge in [-0.15, -0.1) is 11.6 Å². The van der Waals surface area contributed by atoms with E-state index in [-0.39, 0.29) is 23.6 Å². The van der Waals surface area contributed by atoms with Gasteiger partial charge in [0.2, 0.25) is 0 Å². The van der Waals surface area contributed by atoms with Gasteiger partial charge in [0, 0.05) is 17.3 Å². The Bertz CT molecular complexity index is 450. The van der Waals surface area contributed by atoms with Crippen molar-refractivity contribution < 1.29 is 8.78 Å². The molecule has 0 amide bonds. The highest BCUT2D eigenvalue weighted by molar-refractivity contribution is 6.17. The van der Waals surface area contributed by atoms with Crippen molar-refractivity contribution >= 4 is 11.6 Å². The first-order valence-electron chi connectivity index (χ1n) is 4.06. The Kier molecular flexibility index (Phi) is 3.81. The number of hydrogen-bond acceptors (Lipinski definition) is 2. The molecule has 0 atom stereocenters. The van der Waals surface area contributed by atoms with E-state index in [9.17, 15) is 13.6 Å². The average molecular weight is 233 g/mol. The van der Waals surface area contributed by atoms with Crippen molar-refractivity contribution in [3.8, 4) is 6.07 Å². The molecule has 1 heterocycles. The lowest BCUT2D eigenvalue weighted by Crippen LogP contribution is -2.14. The van der Waals surface area contributed by atoms with E-state index in [1.807, 2.05) is 0 Å². The largest absolute Gasteiger partial charge is 0.356 e. The van der Waals surface area contributed by atoms with Crippen molar-refractivity contribution in [1.82, 2.24) is 4.98 Å². The number of aromatic amines is 1. The second-order valence-electron chi connectivity index (χ2n) is 2.82. The molecule has 1 aromatic rings. The van der Waals surface area contributed by atoms with Crippen molar-refractivity contribution in [1.29, 1.82) is 5.26 Å². The third kappa shape index (κ3) is 2.54. The van der Waals surface area contributed by atoms with Gasteiger partial charge in [-0.2, -0.15) is 5.26 Å². The number of pyridine rings is 1. The number of rotatable bonds is 3. The molecule has 0 saturated heterocycles. The number of H-pyrrole nitrogens is 1. The van der Waals surface area contributed by atoms with Gasteiger partial charge in [0.1, 0.15) is 0 Å². The van der Waals surface area contributed by atoms with E-state index in [1.165, 1.54) is 0 Å². The van der Waals surface area contributed by atoms with Crippen LogP contribution in [-0.2, 0) is 12.3 Å². The minimum absolute atomic E-state index is 0.101. The maximum atomic E-state index is 12.3. The van der Waals surface area contributed by atoms with Crippen LogP contribution in [0.15, 0.2) is 10.9 Å². The molecule has 0 bridgehead atoms. The average Bonchev–Trinajstić information content (AvgIpc) is 2.17. The Morgan fingerprint density at radius 3 is 2.73 bits per heavy atom. The van der Waals surface area contributed by atoms with Crippen molar-refractivity contribution in [2.24, 2.45) is 0 Å². The van der Waals surface area contributed by atoms with Gasteiger partial charge in [-0.25, -0.2) is 8.78 Å². The zero-order valence-corrected chi connectivity index (χ0v) is 8.31. The van der Waals surface area contributed by atoms with E-state index < -0.39 is 17.5 Å². The molecule has 0 spiro atoms. The Balaban J connectivity index is 3.33. The van der Waals surface area contributed by atoms with Crippen LogP contribution in [0.5, 0.6) is 0 Å². The first-order valence-corrected chi connectivity index (χ1v) is 4.59. The molecule has 1 N–H and O–H groups in total. The molecular weight excluding hydrogens is 226 g/mol. The molecule has 3 nitrogen and oxygen atoms in total. The topological polar surface area (TPSA) is 56.6 Å². The SMILES string of the molecule is N#CCc1[nH]c(C(F)F)cc(=O)c1CCl. The van der Waals surface area contributed by atoms with Gasteiger partial charge in [-0.3, -0.25) is 4.79 Å². The van der Waals surface area contributed by atoms with Gasteiger partial charge in [-0.05, 0) is 0 Å². The molecule has 0 aliphatic carbocycles. The lowest BCUT2D eigenvalue weighted by Gasteiger charge is -2.06. The fourth-order valence-electron chi connectivity index (χ4n) is 1.16. The van der Waals surface area contributed by atoms with Crippen LogP contribution in [0.25, 0.3) is 0 Å². The third-order valence-corrected chi connectivity index (χ3v) is 2.14. The molecule has 0 radical (unpaired) electrons. The Morgan fingerprint density at radius 2 is 2.27 bits per heavy atom. The Labute approximate surface area is 89.3 Å². The van der Waals surface area contributed by atoms with Crippen molar-refractivity contribution in [2.75, 3.05) is 0 Å². The minimum Gasteiger partial charge on any atom is -0.356 e. The summed E-state index contributed by atoms with van der Waals surface area (Å²) in [7, 11) is 0. The quantitative estimate of drug-likeness (QED) is 0.812. The van der Waals surface area contributed by atoms with E-state index in [0.29, 0.717) is 0 Å². The summed E-state index contributed by atoms with van der Waals surface area (Å²) < 4.78 is 24.6. The van der Waals surface area contributed by atoms with E-state index >= 15 is 0 Å². The van der Waals surface area contributed by atoms with E-state index in [2.05, 4.69) is 4.98 Å². The predicted molar refractivity (Wildman–Crippen MR) is 50.9 cm³/mol. The first kappa shape index (κ1) is 11.7. The minimum atomic E-state index is -2.76. The lowest BCUT2D eigenvalue weighted by molar-refractivity contribution is 0.145. The van der Waals surface area contributed by atoms with Gasteiger partial charge < -0.3 is 4.98 Å². The van der Waals surface area contributed by atoms with Gasteiger partial charge in [-0.1, -0.05) is 0 Å². The summed E-state index contributed by atoms with van der Waals surface area (Å²) in [5.41, 5.74) is -0.721. The standard InChI is InChI=1S/C9H7ClF2N2O/c10-4-5-6(1-2-13)14-7(9(11)12)3-8(5)15/h3,9H,1,4H2,(H,14,15). The molecule has 80 valence electrons. The molecule has 0 fully saturated rings. The molecule has 0 aliphatic heterocycles. The van der Waals surface area contributed by atoms with Crippen LogP contribution < -0.4 is 5.43 Å². The van der Waals surface area contributed by atoms with E-state index in [1.54, 1.807) is 6.07 Å². The van der Waals surface area contributed by atoms with Crippen LogP contribution in [0.3, 0.4) is 0 Å². The normalized spacial score (nSPS) is 10.3. The summed E-state index contributed by atoms with van der Waals surface area (Å²) in [5.74, 6) is -0.101. The molecule has 0 aromatic carbocycles. The van der Waals surface area contributed by atoms with Crippen LogP contribution in [0.4, 0.5) is 8.78 Å². The molecule has 6 heteroatoms. The van der Waals surface area contributed by atoms with Gasteiger partial charge in [0.25, 0.3) is 6.43 Å². The van der Waals surface area contributed by atoms with E-state index in [0.717, 1.165) is 6.07 Å². The maximum absolute atomic E-state index is 12.3. The predicted octanol–water partition coefficient (Wildman–Crippen LogP) is 2.12. The summed E-state index contributed by atoms with van der Waals surface area (Å²) in [5, 5.41) is 8.46. The van der Waals surface area contributed by atoms with E-state index in [4.69, 9.17) is 16.9 Å². The smallest absolute Gasteiger partial charge is 0.278 e. The lowest BCUT2D eigenvalue weighted by atomic mass is 10.1. The van der Waals surface area contributed by atoms with Crippen LogP contribution in [-0.4, -0.2) is 4.98 Å². The molecular formula is C9H7ClF2N2O. The number of nitriles is 1. The maximum Gasteiger partial charge on any atom is 0.278 e. The fourth-order valence-corrected chi connectivity index (χ4v) is 1.45. The molecule has 0 unspecified atom stereocenters. The van der Waals surface area contributed by atoms with Gasteiger partial charge in [0.15, 0.2) is 5.43 Å². The Hall–Kier alpha value is -1.41. The molecule has 1 rings (SSSR count). The zero-order valence-electron chi connectivity index (χ0n) is 7.56. The number of hydrogen-bond donors (Lipinski definition) is 1. The Morgan fingerprint density at radius 1 is 1.60 bits per heavy atom. The summed E-state index contributed by atoms with van der Waals surface area (Å²) in [4.78, 5) is 13.7. The highest BCUT2D eigenvalue weighted by atomic mass is 35.5. The zero-order chi connectivity index (χ0) is 11.4. The first-order chi connectivity index (χ1) is 7.10. The van der Waals surface area contributed by atoms with Crippen LogP contribution in [0.2, 0.25) is 0 Å². The number of halogens is 3. The van der Waals surface area contributed by atoms with Crippen molar-refractivity contribution in [3.63, 3.8) is 0 Å². The van der Waals surface area contributed by atoms with Crippen molar-refractivity contribution in [2.45, 2.75) is 18.7 Å². The number of nitrogens with zero attached hydrogens (tertiary/aromatic N) is 1. The van der Waals surface area contributed by atoms with Gasteiger partial charge >= 0.3 is 0 Å². The summed E-state index contributed by atoms with van der Waals surface area (Å²) in [6.07, 6.45) is -2.91.